The highest BCUT2D eigenvalue weighted by Crippen LogP contribution is 2.45. The zero-order valence-electron chi connectivity index (χ0n) is 11.5. The Morgan fingerprint density at radius 2 is 2.32 bits per heavy atom. The minimum absolute atomic E-state index is 0.0439. The van der Waals surface area contributed by atoms with E-state index in [9.17, 15) is 5.11 Å². The Morgan fingerprint density at radius 3 is 2.95 bits per heavy atom. The van der Waals surface area contributed by atoms with Crippen LogP contribution in [0, 0.1) is 19.8 Å². The van der Waals surface area contributed by atoms with E-state index in [-0.39, 0.29) is 11.7 Å². The molecular weight excluding hydrogens is 278 g/mol. The molecule has 19 heavy (non-hydrogen) atoms. The number of aryl methyl sites for hydroxylation is 2. The fourth-order valence-electron chi connectivity index (χ4n) is 3.23. The van der Waals surface area contributed by atoms with Gasteiger partial charge in [-0.2, -0.15) is 11.8 Å². The molecule has 1 aromatic heterocycles. The summed E-state index contributed by atoms with van der Waals surface area (Å²) in [7, 11) is 0. The average molecular weight is 299 g/mol. The van der Waals surface area contributed by atoms with Crippen LogP contribution in [0.2, 0.25) is 0 Å². The van der Waals surface area contributed by atoms with Gasteiger partial charge in [-0.05, 0) is 44.8 Å². The van der Waals surface area contributed by atoms with E-state index in [4.69, 9.17) is 4.74 Å². The van der Waals surface area contributed by atoms with Crippen LogP contribution >= 0.6 is 23.1 Å². The minimum Gasteiger partial charge on any atom is -0.387 e. The van der Waals surface area contributed by atoms with Crippen molar-refractivity contribution in [2.45, 2.75) is 44.8 Å². The van der Waals surface area contributed by atoms with Gasteiger partial charge in [-0.15, -0.1) is 11.3 Å². The third-order valence-corrected chi connectivity index (χ3v) is 6.62. The highest BCUT2D eigenvalue weighted by Gasteiger charge is 2.42. The van der Waals surface area contributed by atoms with Crippen LogP contribution in [0.3, 0.4) is 0 Å². The number of rotatable bonds is 2. The Morgan fingerprint density at radius 1 is 1.47 bits per heavy atom. The Hall–Kier alpha value is -0.100. The van der Waals surface area contributed by atoms with Crippen LogP contribution in [0.25, 0.3) is 0 Å². The number of aromatic nitrogens is 1. The standard InChI is InChI=1S/C14H21NO2S2/c1-9-13(19-10(2)15-9)12(16)11-3-5-17-14(7-11)4-6-18-8-14/h11-12,16H,3-8H2,1-2H3. The molecule has 0 radical (unpaired) electrons. The second-order valence-electron chi connectivity index (χ2n) is 5.71. The number of ether oxygens (including phenoxy) is 1. The van der Waals surface area contributed by atoms with Crippen LogP contribution in [-0.2, 0) is 4.74 Å². The largest absolute Gasteiger partial charge is 0.387 e. The molecule has 1 N–H and O–H groups in total. The number of hydrogen-bond acceptors (Lipinski definition) is 5. The zero-order valence-corrected chi connectivity index (χ0v) is 13.1. The number of aliphatic hydroxyl groups is 1. The maximum absolute atomic E-state index is 10.7. The predicted molar refractivity (Wildman–Crippen MR) is 79.9 cm³/mol. The van der Waals surface area contributed by atoms with Gasteiger partial charge in [0.15, 0.2) is 0 Å². The maximum Gasteiger partial charge on any atom is 0.0930 e. The van der Waals surface area contributed by atoms with E-state index in [1.54, 1.807) is 11.3 Å². The summed E-state index contributed by atoms with van der Waals surface area (Å²) < 4.78 is 6.03. The summed E-state index contributed by atoms with van der Waals surface area (Å²) >= 11 is 3.62. The van der Waals surface area contributed by atoms with Gasteiger partial charge in [0.25, 0.3) is 0 Å². The van der Waals surface area contributed by atoms with E-state index in [1.165, 1.54) is 5.75 Å². The molecule has 3 atom stereocenters. The van der Waals surface area contributed by atoms with Crippen molar-refractivity contribution < 1.29 is 9.84 Å². The summed E-state index contributed by atoms with van der Waals surface area (Å²) in [5.41, 5.74) is 1.04. The highest BCUT2D eigenvalue weighted by atomic mass is 32.2. The van der Waals surface area contributed by atoms with E-state index in [2.05, 4.69) is 4.98 Å². The molecule has 3 unspecified atom stereocenters. The molecule has 2 saturated heterocycles. The second-order valence-corrected chi connectivity index (χ2v) is 8.05. The van der Waals surface area contributed by atoms with E-state index in [0.717, 1.165) is 47.2 Å². The van der Waals surface area contributed by atoms with Crippen molar-refractivity contribution in [1.29, 1.82) is 0 Å². The monoisotopic (exact) mass is 299 g/mol. The summed E-state index contributed by atoms with van der Waals surface area (Å²) in [6.45, 7) is 4.80. The summed E-state index contributed by atoms with van der Waals surface area (Å²) in [5.74, 6) is 2.62. The molecule has 2 aliphatic rings. The first-order chi connectivity index (χ1) is 9.10. The molecule has 1 spiro atoms. The Labute approximate surface area is 122 Å². The lowest BCUT2D eigenvalue weighted by Gasteiger charge is -2.39. The topological polar surface area (TPSA) is 42.4 Å². The molecule has 106 valence electrons. The zero-order chi connectivity index (χ0) is 13.5. The van der Waals surface area contributed by atoms with Gasteiger partial charge < -0.3 is 9.84 Å². The van der Waals surface area contributed by atoms with Gasteiger partial charge in [-0.1, -0.05) is 0 Å². The van der Waals surface area contributed by atoms with Gasteiger partial charge in [0.2, 0.25) is 0 Å². The molecule has 5 heteroatoms. The summed E-state index contributed by atoms with van der Waals surface area (Å²) in [6, 6.07) is 0. The molecule has 0 saturated carbocycles. The number of thiazole rings is 1. The molecule has 3 nitrogen and oxygen atoms in total. The fraction of sp³-hybridized carbons (Fsp3) is 0.786. The van der Waals surface area contributed by atoms with E-state index < -0.39 is 0 Å². The van der Waals surface area contributed by atoms with Crippen molar-refractivity contribution in [3.63, 3.8) is 0 Å². The second kappa shape index (κ2) is 5.35. The lowest BCUT2D eigenvalue weighted by atomic mass is 9.82. The first kappa shape index (κ1) is 13.9. The van der Waals surface area contributed by atoms with E-state index in [1.807, 2.05) is 25.6 Å². The molecule has 0 aliphatic carbocycles. The minimum atomic E-state index is -0.363. The molecular formula is C14H21NO2S2. The molecule has 2 fully saturated rings. The SMILES string of the molecule is Cc1nc(C)c(C(O)C2CCOC3(CCSC3)C2)s1. The normalized spacial score (nSPS) is 32.9. The Bertz CT molecular complexity index is 454. The number of aliphatic hydroxyl groups excluding tert-OH is 1. The van der Waals surface area contributed by atoms with Gasteiger partial charge >= 0.3 is 0 Å². The van der Waals surface area contributed by atoms with Crippen LogP contribution in [-0.4, -0.2) is 33.8 Å². The van der Waals surface area contributed by atoms with Crippen molar-refractivity contribution in [2.24, 2.45) is 5.92 Å². The predicted octanol–water partition coefficient (Wildman–Crippen LogP) is 3.10. The van der Waals surface area contributed by atoms with Crippen molar-refractivity contribution in [3.05, 3.63) is 15.6 Å². The molecule has 0 bridgehead atoms. The van der Waals surface area contributed by atoms with E-state index in [0.29, 0.717) is 5.92 Å². The molecule has 1 aromatic rings. The summed E-state index contributed by atoms with van der Waals surface area (Å²) in [5, 5.41) is 11.7. The molecule has 3 heterocycles. The van der Waals surface area contributed by atoms with Crippen LogP contribution in [0.4, 0.5) is 0 Å². The third kappa shape index (κ3) is 2.71. The number of hydrogen-bond donors (Lipinski definition) is 1. The van der Waals surface area contributed by atoms with Crippen molar-refractivity contribution >= 4 is 23.1 Å². The average Bonchev–Trinajstić information content (AvgIpc) is 2.96. The third-order valence-electron chi connectivity index (χ3n) is 4.25. The van der Waals surface area contributed by atoms with Crippen molar-refractivity contribution in [3.8, 4) is 0 Å². The molecule has 2 aliphatic heterocycles. The summed E-state index contributed by atoms with van der Waals surface area (Å²) in [4.78, 5) is 5.50. The van der Waals surface area contributed by atoms with Gasteiger partial charge in [0.05, 0.1) is 27.3 Å². The molecule has 0 aromatic carbocycles. The van der Waals surface area contributed by atoms with Gasteiger partial charge in [0, 0.05) is 12.4 Å². The van der Waals surface area contributed by atoms with Crippen molar-refractivity contribution in [2.75, 3.05) is 18.1 Å². The lowest BCUT2D eigenvalue weighted by molar-refractivity contribution is -0.101. The number of nitrogens with zero attached hydrogens (tertiary/aromatic N) is 1. The van der Waals surface area contributed by atoms with Gasteiger partial charge in [-0.3, -0.25) is 0 Å². The maximum atomic E-state index is 10.7. The van der Waals surface area contributed by atoms with Crippen LogP contribution in [0.5, 0.6) is 0 Å². The Kier molecular flexibility index (Phi) is 3.91. The molecule has 3 rings (SSSR count). The highest BCUT2D eigenvalue weighted by molar-refractivity contribution is 7.99. The first-order valence-corrected chi connectivity index (χ1v) is 8.90. The van der Waals surface area contributed by atoms with Gasteiger partial charge in [-0.25, -0.2) is 4.98 Å². The lowest BCUT2D eigenvalue weighted by Crippen LogP contribution is -2.41. The van der Waals surface area contributed by atoms with Crippen LogP contribution < -0.4 is 0 Å². The first-order valence-electron chi connectivity index (χ1n) is 6.93. The molecule has 0 amide bonds. The Balaban J connectivity index is 1.76. The quantitative estimate of drug-likeness (QED) is 0.911. The van der Waals surface area contributed by atoms with Gasteiger partial charge in [0.1, 0.15) is 0 Å². The van der Waals surface area contributed by atoms with Crippen LogP contribution in [0.1, 0.15) is 40.9 Å². The smallest absolute Gasteiger partial charge is 0.0930 e. The van der Waals surface area contributed by atoms with Crippen LogP contribution in [0.15, 0.2) is 0 Å². The number of thioether (sulfide) groups is 1. The van der Waals surface area contributed by atoms with E-state index >= 15 is 0 Å². The van der Waals surface area contributed by atoms with Crippen molar-refractivity contribution in [1.82, 2.24) is 4.98 Å². The summed E-state index contributed by atoms with van der Waals surface area (Å²) in [6.07, 6.45) is 2.74. The fourth-order valence-corrected chi connectivity index (χ4v) is 5.62.